The van der Waals surface area contributed by atoms with Crippen molar-refractivity contribution in [3.05, 3.63) is 17.7 Å². The Morgan fingerprint density at radius 2 is 1.70 bits per heavy atom. The number of carbonyl (C=O) groups excluding carboxylic acids is 1. The summed E-state index contributed by atoms with van der Waals surface area (Å²) in [5.74, 6) is 1.47. The second-order valence-electron chi connectivity index (χ2n) is 3.85. The van der Waals surface area contributed by atoms with Crippen LogP contribution in [-0.2, 0) is 11.2 Å². The molecular formula is C13H21ClN2O4. The molecule has 0 unspecified atom stereocenters. The third kappa shape index (κ3) is 4.79. The van der Waals surface area contributed by atoms with E-state index in [1.807, 2.05) is 0 Å². The van der Waals surface area contributed by atoms with E-state index in [0.717, 1.165) is 5.56 Å². The molecular weight excluding hydrogens is 284 g/mol. The molecule has 114 valence electrons. The average Bonchev–Trinajstić information content (AvgIpc) is 2.43. The minimum Gasteiger partial charge on any atom is -0.493 e. The SMILES string of the molecule is COc1cc(CC(=O)NCCN)cc(OC)c1OC.Cl. The Morgan fingerprint density at radius 3 is 2.10 bits per heavy atom. The first-order valence-corrected chi connectivity index (χ1v) is 5.91. The maximum atomic E-state index is 11.6. The maximum Gasteiger partial charge on any atom is 0.224 e. The summed E-state index contributed by atoms with van der Waals surface area (Å²) in [6.45, 7) is 0.879. The van der Waals surface area contributed by atoms with Crippen LogP contribution in [0.25, 0.3) is 0 Å². The van der Waals surface area contributed by atoms with Crippen molar-refractivity contribution in [3.63, 3.8) is 0 Å². The van der Waals surface area contributed by atoms with Gasteiger partial charge in [0.05, 0.1) is 27.8 Å². The number of nitrogens with one attached hydrogen (secondary N) is 1. The van der Waals surface area contributed by atoms with Gasteiger partial charge >= 0.3 is 0 Å². The third-order valence-corrected chi connectivity index (χ3v) is 2.56. The number of carbonyl (C=O) groups is 1. The molecule has 0 fully saturated rings. The van der Waals surface area contributed by atoms with Crippen LogP contribution in [0.2, 0.25) is 0 Å². The molecule has 0 spiro atoms. The van der Waals surface area contributed by atoms with Gasteiger partial charge in [-0.25, -0.2) is 0 Å². The molecule has 0 aliphatic carbocycles. The van der Waals surface area contributed by atoms with Gasteiger partial charge in [-0.2, -0.15) is 0 Å². The average molecular weight is 305 g/mol. The van der Waals surface area contributed by atoms with E-state index in [4.69, 9.17) is 19.9 Å². The van der Waals surface area contributed by atoms with Gasteiger partial charge in [-0.05, 0) is 17.7 Å². The summed E-state index contributed by atoms with van der Waals surface area (Å²) in [5, 5.41) is 2.71. The third-order valence-electron chi connectivity index (χ3n) is 2.56. The summed E-state index contributed by atoms with van der Waals surface area (Å²) in [5.41, 5.74) is 6.11. The molecule has 0 radical (unpaired) electrons. The molecule has 3 N–H and O–H groups in total. The van der Waals surface area contributed by atoms with Crippen LogP contribution in [0, 0.1) is 0 Å². The molecule has 0 saturated carbocycles. The van der Waals surface area contributed by atoms with Crippen LogP contribution < -0.4 is 25.3 Å². The van der Waals surface area contributed by atoms with Crippen molar-refractivity contribution < 1.29 is 19.0 Å². The molecule has 20 heavy (non-hydrogen) atoms. The Bertz CT molecular complexity index is 415. The fourth-order valence-corrected chi connectivity index (χ4v) is 1.70. The molecule has 1 rings (SSSR count). The van der Waals surface area contributed by atoms with E-state index in [2.05, 4.69) is 5.32 Å². The summed E-state index contributed by atoms with van der Waals surface area (Å²) >= 11 is 0. The van der Waals surface area contributed by atoms with Crippen molar-refractivity contribution in [3.8, 4) is 17.2 Å². The highest BCUT2D eigenvalue weighted by Gasteiger charge is 2.14. The summed E-state index contributed by atoms with van der Waals surface area (Å²) in [6.07, 6.45) is 0.233. The lowest BCUT2D eigenvalue weighted by atomic mass is 10.1. The van der Waals surface area contributed by atoms with E-state index in [0.29, 0.717) is 30.3 Å². The quantitative estimate of drug-likeness (QED) is 0.777. The molecule has 0 atom stereocenters. The van der Waals surface area contributed by atoms with Crippen molar-refractivity contribution in [2.75, 3.05) is 34.4 Å². The van der Waals surface area contributed by atoms with E-state index in [9.17, 15) is 4.79 Å². The van der Waals surface area contributed by atoms with E-state index < -0.39 is 0 Å². The standard InChI is InChI=1S/C13H20N2O4.ClH/c1-17-10-6-9(8-12(16)15-5-4-14)7-11(18-2)13(10)19-3;/h6-7H,4-5,8,14H2,1-3H3,(H,15,16);1H. The predicted molar refractivity (Wildman–Crippen MR) is 79.1 cm³/mol. The maximum absolute atomic E-state index is 11.6. The Morgan fingerprint density at radius 1 is 1.15 bits per heavy atom. The predicted octanol–water partition coefficient (Wildman–Crippen LogP) is 0.752. The molecule has 7 heteroatoms. The largest absolute Gasteiger partial charge is 0.493 e. The first kappa shape index (κ1) is 18.3. The molecule has 0 saturated heterocycles. The Kier molecular flexibility index (Phi) is 8.51. The van der Waals surface area contributed by atoms with Crippen molar-refractivity contribution in [2.45, 2.75) is 6.42 Å². The molecule has 1 amide bonds. The minimum atomic E-state index is -0.0975. The van der Waals surface area contributed by atoms with Gasteiger partial charge in [0.15, 0.2) is 11.5 Å². The highest BCUT2D eigenvalue weighted by Crippen LogP contribution is 2.38. The van der Waals surface area contributed by atoms with Gasteiger partial charge in [0, 0.05) is 13.1 Å². The van der Waals surface area contributed by atoms with Gasteiger partial charge in [-0.1, -0.05) is 0 Å². The molecule has 0 aliphatic heterocycles. The number of rotatable bonds is 7. The zero-order valence-electron chi connectivity index (χ0n) is 11.9. The van der Waals surface area contributed by atoms with E-state index in [-0.39, 0.29) is 24.7 Å². The Balaban J connectivity index is 0.00000361. The first-order chi connectivity index (χ1) is 9.15. The van der Waals surface area contributed by atoms with Gasteiger partial charge < -0.3 is 25.3 Å². The number of methoxy groups -OCH3 is 3. The highest BCUT2D eigenvalue weighted by molar-refractivity contribution is 5.85. The van der Waals surface area contributed by atoms with Gasteiger partial charge in [0.2, 0.25) is 11.7 Å². The molecule has 0 aromatic heterocycles. The van der Waals surface area contributed by atoms with Crippen LogP contribution in [-0.4, -0.2) is 40.3 Å². The summed E-state index contributed by atoms with van der Waals surface area (Å²) in [7, 11) is 4.61. The van der Waals surface area contributed by atoms with Crippen LogP contribution in [0.5, 0.6) is 17.2 Å². The van der Waals surface area contributed by atoms with Crippen LogP contribution >= 0.6 is 12.4 Å². The second-order valence-corrected chi connectivity index (χ2v) is 3.85. The molecule has 0 heterocycles. The minimum absolute atomic E-state index is 0. The zero-order chi connectivity index (χ0) is 14.3. The van der Waals surface area contributed by atoms with Gasteiger partial charge in [-0.15, -0.1) is 12.4 Å². The van der Waals surface area contributed by atoms with E-state index in [1.165, 1.54) is 21.3 Å². The van der Waals surface area contributed by atoms with Crippen molar-refractivity contribution in [2.24, 2.45) is 5.73 Å². The lowest BCUT2D eigenvalue weighted by Gasteiger charge is -2.14. The highest BCUT2D eigenvalue weighted by atomic mass is 35.5. The number of halogens is 1. The lowest BCUT2D eigenvalue weighted by Crippen LogP contribution is -2.30. The first-order valence-electron chi connectivity index (χ1n) is 5.91. The van der Waals surface area contributed by atoms with Gasteiger partial charge in [-0.3, -0.25) is 4.79 Å². The number of ether oxygens (including phenoxy) is 3. The van der Waals surface area contributed by atoms with Crippen molar-refractivity contribution in [1.29, 1.82) is 0 Å². The van der Waals surface area contributed by atoms with Crippen LogP contribution in [0.1, 0.15) is 5.56 Å². The van der Waals surface area contributed by atoms with E-state index in [1.54, 1.807) is 12.1 Å². The monoisotopic (exact) mass is 304 g/mol. The molecule has 6 nitrogen and oxygen atoms in total. The van der Waals surface area contributed by atoms with Crippen LogP contribution in [0.4, 0.5) is 0 Å². The molecule has 1 aromatic carbocycles. The number of hydrogen-bond donors (Lipinski definition) is 2. The fraction of sp³-hybridized carbons (Fsp3) is 0.462. The second kappa shape index (κ2) is 9.28. The smallest absolute Gasteiger partial charge is 0.224 e. The zero-order valence-corrected chi connectivity index (χ0v) is 12.7. The summed E-state index contributed by atoms with van der Waals surface area (Å²) in [6, 6.07) is 3.51. The topological polar surface area (TPSA) is 82.8 Å². The van der Waals surface area contributed by atoms with E-state index >= 15 is 0 Å². The fourth-order valence-electron chi connectivity index (χ4n) is 1.70. The normalized spacial score (nSPS) is 9.40. The summed E-state index contributed by atoms with van der Waals surface area (Å²) in [4.78, 5) is 11.6. The Labute approximate surface area is 125 Å². The Hall–Kier alpha value is -1.66. The number of nitrogens with two attached hydrogens (primary N) is 1. The number of amides is 1. The van der Waals surface area contributed by atoms with Crippen LogP contribution in [0.3, 0.4) is 0 Å². The number of benzene rings is 1. The van der Waals surface area contributed by atoms with Crippen molar-refractivity contribution in [1.82, 2.24) is 5.32 Å². The number of hydrogen-bond acceptors (Lipinski definition) is 5. The van der Waals surface area contributed by atoms with Crippen LogP contribution in [0.15, 0.2) is 12.1 Å². The molecule has 0 bridgehead atoms. The molecule has 1 aromatic rings. The lowest BCUT2D eigenvalue weighted by molar-refractivity contribution is -0.120. The van der Waals surface area contributed by atoms with Crippen molar-refractivity contribution >= 4 is 18.3 Å². The van der Waals surface area contributed by atoms with Gasteiger partial charge in [0.1, 0.15) is 0 Å². The van der Waals surface area contributed by atoms with Gasteiger partial charge in [0.25, 0.3) is 0 Å². The summed E-state index contributed by atoms with van der Waals surface area (Å²) < 4.78 is 15.7. The molecule has 0 aliphatic rings.